The molecule has 5 heteroatoms. The summed E-state index contributed by atoms with van der Waals surface area (Å²) in [6, 6.07) is 5.53. The highest BCUT2D eigenvalue weighted by Crippen LogP contribution is 2.39. The number of benzene rings is 1. The lowest BCUT2D eigenvalue weighted by Gasteiger charge is -2.07. The standard InChI is InChI=1S/C13H16FN3O/c14-10-2-1-3-11-13(10)16-12(8-18-7-6-15)17(11)9-4-5-9/h1-3,9H,4-8,15H2. The molecular weight excluding hydrogens is 233 g/mol. The molecule has 0 bridgehead atoms. The van der Waals surface area contributed by atoms with Crippen LogP contribution in [0, 0.1) is 5.82 Å². The lowest BCUT2D eigenvalue weighted by molar-refractivity contribution is 0.120. The fraction of sp³-hybridized carbons (Fsp3) is 0.462. The first-order valence-corrected chi connectivity index (χ1v) is 6.24. The zero-order valence-corrected chi connectivity index (χ0v) is 10.1. The molecule has 1 fully saturated rings. The Hall–Kier alpha value is -1.46. The van der Waals surface area contributed by atoms with Crippen molar-refractivity contribution in [2.75, 3.05) is 13.2 Å². The molecule has 96 valence electrons. The number of rotatable bonds is 5. The average molecular weight is 249 g/mol. The maximum absolute atomic E-state index is 13.7. The van der Waals surface area contributed by atoms with Crippen molar-refractivity contribution in [1.82, 2.24) is 9.55 Å². The zero-order valence-electron chi connectivity index (χ0n) is 10.1. The number of nitrogens with two attached hydrogens (primary N) is 1. The predicted molar refractivity (Wildman–Crippen MR) is 66.7 cm³/mol. The smallest absolute Gasteiger partial charge is 0.151 e. The van der Waals surface area contributed by atoms with E-state index in [1.54, 1.807) is 6.07 Å². The first-order valence-electron chi connectivity index (χ1n) is 6.24. The molecule has 0 amide bonds. The number of nitrogens with zero attached hydrogens (tertiary/aromatic N) is 2. The minimum atomic E-state index is -0.271. The third kappa shape index (κ3) is 2.00. The molecule has 0 unspecified atom stereocenters. The minimum Gasteiger partial charge on any atom is -0.372 e. The number of halogens is 1. The lowest BCUT2D eigenvalue weighted by Crippen LogP contribution is -2.10. The van der Waals surface area contributed by atoms with Crippen molar-refractivity contribution in [2.45, 2.75) is 25.5 Å². The summed E-state index contributed by atoms with van der Waals surface area (Å²) in [6.07, 6.45) is 2.26. The molecule has 1 aromatic heterocycles. The molecular formula is C13H16FN3O. The van der Waals surface area contributed by atoms with Crippen molar-refractivity contribution in [2.24, 2.45) is 5.73 Å². The van der Waals surface area contributed by atoms with E-state index in [1.165, 1.54) is 6.07 Å². The van der Waals surface area contributed by atoms with Crippen LogP contribution in [-0.4, -0.2) is 22.7 Å². The van der Waals surface area contributed by atoms with Crippen molar-refractivity contribution < 1.29 is 9.13 Å². The van der Waals surface area contributed by atoms with Gasteiger partial charge in [-0.3, -0.25) is 0 Å². The third-order valence-corrected chi connectivity index (χ3v) is 3.15. The number of ether oxygens (including phenoxy) is 1. The largest absolute Gasteiger partial charge is 0.372 e. The van der Waals surface area contributed by atoms with E-state index in [0.717, 1.165) is 24.2 Å². The second-order valence-corrected chi connectivity index (χ2v) is 4.58. The Kier molecular flexibility index (Phi) is 3.01. The average Bonchev–Trinajstić information content (AvgIpc) is 3.12. The number of hydrogen-bond donors (Lipinski definition) is 1. The first kappa shape index (κ1) is 11.6. The van der Waals surface area contributed by atoms with E-state index < -0.39 is 0 Å². The number of imidazole rings is 1. The second-order valence-electron chi connectivity index (χ2n) is 4.58. The van der Waals surface area contributed by atoms with Crippen LogP contribution in [0.3, 0.4) is 0 Å². The van der Waals surface area contributed by atoms with Gasteiger partial charge in [0.1, 0.15) is 17.9 Å². The molecule has 2 aromatic rings. The van der Waals surface area contributed by atoms with Gasteiger partial charge in [-0.25, -0.2) is 9.37 Å². The fourth-order valence-electron chi connectivity index (χ4n) is 2.22. The van der Waals surface area contributed by atoms with Crippen LogP contribution in [0.2, 0.25) is 0 Å². The zero-order chi connectivity index (χ0) is 12.5. The van der Waals surface area contributed by atoms with Gasteiger partial charge in [0.2, 0.25) is 0 Å². The monoisotopic (exact) mass is 249 g/mol. The molecule has 4 nitrogen and oxygen atoms in total. The van der Waals surface area contributed by atoms with E-state index in [0.29, 0.717) is 31.3 Å². The topological polar surface area (TPSA) is 53.1 Å². The Morgan fingerprint density at radius 3 is 3.00 bits per heavy atom. The summed E-state index contributed by atoms with van der Waals surface area (Å²) >= 11 is 0. The molecule has 2 N–H and O–H groups in total. The highest BCUT2D eigenvalue weighted by atomic mass is 19.1. The van der Waals surface area contributed by atoms with Crippen molar-refractivity contribution >= 4 is 11.0 Å². The van der Waals surface area contributed by atoms with E-state index in [-0.39, 0.29) is 5.82 Å². The maximum atomic E-state index is 13.7. The summed E-state index contributed by atoms with van der Waals surface area (Å²) in [7, 11) is 0. The highest BCUT2D eigenvalue weighted by Gasteiger charge is 2.28. The van der Waals surface area contributed by atoms with Gasteiger partial charge in [0.05, 0.1) is 12.1 Å². The van der Waals surface area contributed by atoms with Crippen LogP contribution in [0.15, 0.2) is 18.2 Å². The molecule has 1 saturated carbocycles. The van der Waals surface area contributed by atoms with Gasteiger partial charge in [-0.2, -0.15) is 0 Å². The molecule has 1 heterocycles. The molecule has 0 aliphatic heterocycles. The first-order chi connectivity index (χ1) is 8.81. The number of aromatic nitrogens is 2. The van der Waals surface area contributed by atoms with E-state index in [2.05, 4.69) is 9.55 Å². The Morgan fingerprint density at radius 2 is 2.28 bits per heavy atom. The summed E-state index contributed by atoms with van der Waals surface area (Å²) in [5, 5.41) is 0. The fourth-order valence-corrected chi connectivity index (χ4v) is 2.22. The van der Waals surface area contributed by atoms with Crippen LogP contribution in [0.1, 0.15) is 24.7 Å². The molecule has 0 saturated heterocycles. The summed E-state index contributed by atoms with van der Waals surface area (Å²) < 4.78 is 21.2. The summed E-state index contributed by atoms with van der Waals surface area (Å²) in [5.41, 5.74) is 6.70. The molecule has 18 heavy (non-hydrogen) atoms. The van der Waals surface area contributed by atoms with E-state index in [9.17, 15) is 4.39 Å². The summed E-state index contributed by atoms with van der Waals surface area (Å²) in [5.74, 6) is 0.526. The number of fused-ring (bicyclic) bond motifs is 1. The van der Waals surface area contributed by atoms with Crippen molar-refractivity contribution in [3.05, 3.63) is 29.8 Å². The highest BCUT2D eigenvalue weighted by molar-refractivity contribution is 5.77. The van der Waals surface area contributed by atoms with E-state index in [1.807, 2.05) is 6.07 Å². The Labute approximate surface area is 105 Å². The minimum absolute atomic E-state index is 0.271. The van der Waals surface area contributed by atoms with Gasteiger partial charge in [-0.15, -0.1) is 0 Å². The second kappa shape index (κ2) is 4.66. The van der Waals surface area contributed by atoms with Crippen LogP contribution in [0.5, 0.6) is 0 Å². The van der Waals surface area contributed by atoms with E-state index in [4.69, 9.17) is 10.5 Å². The molecule has 1 aromatic carbocycles. The molecule has 1 aliphatic rings. The van der Waals surface area contributed by atoms with Crippen molar-refractivity contribution in [1.29, 1.82) is 0 Å². The predicted octanol–water partition coefficient (Wildman–Crippen LogP) is 1.99. The van der Waals surface area contributed by atoms with Crippen LogP contribution in [0.4, 0.5) is 4.39 Å². The van der Waals surface area contributed by atoms with Gasteiger partial charge in [0, 0.05) is 12.6 Å². The Bertz CT molecular complexity index is 563. The molecule has 0 spiro atoms. The van der Waals surface area contributed by atoms with Crippen LogP contribution in [-0.2, 0) is 11.3 Å². The van der Waals surface area contributed by atoms with Crippen LogP contribution < -0.4 is 5.73 Å². The van der Waals surface area contributed by atoms with Crippen molar-refractivity contribution in [3.8, 4) is 0 Å². The molecule has 0 radical (unpaired) electrons. The molecule has 0 atom stereocenters. The van der Waals surface area contributed by atoms with Crippen molar-refractivity contribution in [3.63, 3.8) is 0 Å². The van der Waals surface area contributed by atoms with Gasteiger partial charge < -0.3 is 15.0 Å². The van der Waals surface area contributed by atoms with Crippen LogP contribution in [0.25, 0.3) is 11.0 Å². The number of hydrogen-bond acceptors (Lipinski definition) is 3. The Balaban J connectivity index is 2.01. The summed E-state index contributed by atoms with van der Waals surface area (Å²) in [6.45, 7) is 1.37. The van der Waals surface area contributed by atoms with Gasteiger partial charge >= 0.3 is 0 Å². The maximum Gasteiger partial charge on any atom is 0.151 e. The lowest BCUT2D eigenvalue weighted by atomic mass is 10.3. The van der Waals surface area contributed by atoms with Gasteiger partial charge in [0.25, 0.3) is 0 Å². The molecule has 3 rings (SSSR count). The van der Waals surface area contributed by atoms with Crippen LogP contribution >= 0.6 is 0 Å². The molecule has 1 aliphatic carbocycles. The number of para-hydroxylation sites is 1. The quantitative estimate of drug-likeness (QED) is 0.824. The van der Waals surface area contributed by atoms with Gasteiger partial charge in [0.15, 0.2) is 5.82 Å². The Morgan fingerprint density at radius 1 is 1.44 bits per heavy atom. The van der Waals surface area contributed by atoms with Gasteiger partial charge in [-0.1, -0.05) is 6.07 Å². The third-order valence-electron chi connectivity index (χ3n) is 3.15. The normalized spacial score (nSPS) is 15.4. The SMILES string of the molecule is NCCOCc1nc2c(F)cccc2n1C1CC1. The van der Waals surface area contributed by atoms with E-state index >= 15 is 0 Å². The summed E-state index contributed by atoms with van der Waals surface area (Å²) in [4.78, 5) is 4.37. The van der Waals surface area contributed by atoms with Gasteiger partial charge in [-0.05, 0) is 25.0 Å².